The number of benzene rings is 1. The van der Waals surface area contributed by atoms with Crippen molar-refractivity contribution in [2.45, 2.75) is 19.3 Å². The third kappa shape index (κ3) is 3.56. The van der Waals surface area contributed by atoms with E-state index >= 15 is 0 Å². The maximum absolute atomic E-state index is 11.5. The number of hydrogen-bond donors (Lipinski definition) is 3. The molecule has 0 heterocycles. The van der Waals surface area contributed by atoms with Gasteiger partial charge in [-0.05, 0) is 37.1 Å². The first-order chi connectivity index (χ1) is 8.69. The van der Waals surface area contributed by atoms with Gasteiger partial charge < -0.3 is 16.4 Å². The number of hydrogen-bond acceptors (Lipinski definition) is 3. The van der Waals surface area contributed by atoms with Crippen LogP contribution in [0, 0.1) is 5.92 Å². The zero-order chi connectivity index (χ0) is 13.0. The van der Waals surface area contributed by atoms with Crippen LogP contribution in [-0.4, -0.2) is 18.4 Å². The Morgan fingerprint density at radius 2 is 1.67 bits per heavy atom. The fraction of sp³-hybridized carbons (Fsp3) is 0.385. The van der Waals surface area contributed by atoms with Gasteiger partial charge in [-0.3, -0.25) is 9.59 Å². The van der Waals surface area contributed by atoms with Crippen LogP contribution < -0.4 is 16.4 Å². The minimum absolute atomic E-state index is 0.0786. The molecule has 4 N–H and O–H groups in total. The van der Waals surface area contributed by atoms with E-state index in [1.807, 2.05) is 0 Å². The van der Waals surface area contributed by atoms with Crippen molar-refractivity contribution in [3.8, 4) is 0 Å². The monoisotopic (exact) mass is 247 g/mol. The Labute approximate surface area is 106 Å². The van der Waals surface area contributed by atoms with E-state index in [1.165, 1.54) is 0 Å². The summed E-state index contributed by atoms with van der Waals surface area (Å²) < 4.78 is 0. The van der Waals surface area contributed by atoms with Crippen LogP contribution in [0.1, 0.15) is 19.3 Å². The molecular weight excluding hydrogens is 230 g/mol. The van der Waals surface area contributed by atoms with Gasteiger partial charge in [0.2, 0.25) is 11.8 Å². The van der Waals surface area contributed by atoms with E-state index in [4.69, 9.17) is 5.73 Å². The standard InChI is InChI=1S/C13H17N3O2/c14-8-7-12(17)15-10-3-5-11(6-4-10)16-13(18)9-1-2-9/h3-6,9H,1-2,7-8,14H2,(H,15,17)(H,16,18). The van der Waals surface area contributed by atoms with Crippen molar-refractivity contribution >= 4 is 23.2 Å². The molecule has 0 aromatic heterocycles. The molecule has 0 radical (unpaired) electrons. The lowest BCUT2D eigenvalue weighted by Gasteiger charge is -2.07. The number of carbonyl (C=O) groups is 2. The lowest BCUT2D eigenvalue weighted by molar-refractivity contribution is -0.117. The van der Waals surface area contributed by atoms with Gasteiger partial charge in [0.05, 0.1) is 0 Å². The smallest absolute Gasteiger partial charge is 0.227 e. The molecule has 2 rings (SSSR count). The first-order valence-electron chi connectivity index (χ1n) is 6.10. The highest BCUT2D eigenvalue weighted by Crippen LogP contribution is 2.30. The van der Waals surface area contributed by atoms with Crippen LogP contribution in [0.2, 0.25) is 0 Å². The second kappa shape index (κ2) is 5.64. The molecule has 1 aliphatic rings. The molecule has 1 saturated carbocycles. The molecule has 96 valence electrons. The van der Waals surface area contributed by atoms with Crippen LogP contribution in [0.3, 0.4) is 0 Å². The molecule has 1 aliphatic carbocycles. The van der Waals surface area contributed by atoms with E-state index in [9.17, 15) is 9.59 Å². The second-order valence-corrected chi connectivity index (χ2v) is 4.43. The quantitative estimate of drug-likeness (QED) is 0.733. The van der Waals surface area contributed by atoms with E-state index in [2.05, 4.69) is 10.6 Å². The van der Waals surface area contributed by atoms with Gasteiger partial charge in [-0.1, -0.05) is 0 Å². The average Bonchev–Trinajstić information content (AvgIpc) is 3.16. The summed E-state index contributed by atoms with van der Waals surface area (Å²) in [5, 5.41) is 5.56. The number of nitrogens with two attached hydrogens (primary N) is 1. The summed E-state index contributed by atoms with van der Waals surface area (Å²) in [5.74, 6) is 0.163. The maximum atomic E-state index is 11.5. The lowest BCUT2D eigenvalue weighted by Crippen LogP contribution is -2.16. The molecule has 0 aliphatic heterocycles. The molecule has 1 aromatic carbocycles. The second-order valence-electron chi connectivity index (χ2n) is 4.43. The van der Waals surface area contributed by atoms with E-state index in [-0.39, 0.29) is 17.7 Å². The van der Waals surface area contributed by atoms with Crippen LogP contribution in [0.5, 0.6) is 0 Å². The summed E-state index contributed by atoms with van der Waals surface area (Å²) in [7, 11) is 0. The number of nitrogens with one attached hydrogen (secondary N) is 2. The number of amides is 2. The predicted octanol–water partition coefficient (Wildman–Crippen LogP) is 1.32. The zero-order valence-electron chi connectivity index (χ0n) is 10.1. The third-order valence-electron chi connectivity index (χ3n) is 2.76. The van der Waals surface area contributed by atoms with Crippen LogP contribution in [0.25, 0.3) is 0 Å². The molecule has 0 spiro atoms. The number of carbonyl (C=O) groups excluding carboxylic acids is 2. The molecule has 0 atom stereocenters. The van der Waals surface area contributed by atoms with E-state index < -0.39 is 0 Å². The number of anilines is 2. The molecule has 5 heteroatoms. The van der Waals surface area contributed by atoms with Gasteiger partial charge >= 0.3 is 0 Å². The Bertz CT molecular complexity index is 438. The Kier molecular flexibility index (Phi) is 3.94. The zero-order valence-corrected chi connectivity index (χ0v) is 10.1. The summed E-state index contributed by atoms with van der Waals surface area (Å²) in [6.45, 7) is 0.335. The molecule has 5 nitrogen and oxygen atoms in total. The summed E-state index contributed by atoms with van der Waals surface area (Å²) in [6.07, 6.45) is 2.28. The molecule has 0 unspecified atom stereocenters. The molecule has 2 amide bonds. The van der Waals surface area contributed by atoms with E-state index in [0.717, 1.165) is 18.5 Å². The van der Waals surface area contributed by atoms with Crippen molar-refractivity contribution in [3.63, 3.8) is 0 Å². The molecule has 1 fully saturated rings. The van der Waals surface area contributed by atoms with E-state index in [0.29, 0.717) is 18.7 Å². The van der Waals surface area contributed by atoms with Crippen molar-refractivity contribution in [2.24, 2.45) is 11.7 Å². The fourth-order valence-corrected chi connectivity index (χ4v) is 1.58. The van der Waals surface area contributed by atoms with Crippen LogP contribution in [-0.2, 0) is 9.59 Å². The van der Waals surface area contributed by atoms with Gasteiger partial charge in [-0.2, -0.15) is 0 Å². The van der Waals surface area contributed by atoms with Gasteiger partial charge in [0.25, 0.3) is 0 Å². The van der Waals surface area contributed by atoms with Crippen molar-refractivity contribution < 1.29 is 9.59 Å². The van der Waals surface area contributed by atoms with Crippen LogP contribution >= 0.6 is 0 Å². The van der Waals surface area contributed by atoms with Gasteiger partial charge in [0.15, 0.2) is 0 Å². The van der Waals surface area contributed by atoms with Gasteiger partial charge in [-0.15, -0.1) is 0 Å². The van der Waals surface area contributed by atoms with Gasteiger partial charge in [0, 0.05) is 30.3 Å². The van der Waals surface area contributed by atoms with Crippen molar-refractivity contribution in [3.05, 3.63) is 24.3 Å². The predicted molar refractivity (Wildman–Crippen MR) is 70.1 cm³/mol. The third-order valence-corrected chi connectivity index (χ3v) is 2.76. The highest BCUT2D eigenvalue weighted by molar-refractivity contribution is 5.95. The Balaban J connectivity index is 1.88. The Morgan fingerprint density at radius 1 is 1.11 bits per heavy atom. The largest absolute Gasteiger partial charge is 0.330 e. The molecule has 1 aromatic rings. The Morgan fingerprint density at radius 3 is 2.17 bits per heavy atom. The molecule has 0 bridgehead atoms. The van der Waals surface area contributed by atoms with E-state index in [1.54, 1.807) is 24.3 Å². The molecule has 0 saturated heterocycles. The number of rotatable bonds is 5. The SMILES string of the molecule is NCCC(=O)Nc1ccc(NC(=O)C2CC2)cc1. The first kappa shape index (κ1) is 12.6. The topological polar surface area (TPSA) is 84.2 Å². The first-order valence-corrected chi connectivity index (χ1v) is 6.10. The minimum Gasteiger partial charge on any atom is -0.330 e. The van der Waals surface area contributed by atoms with Crippen LogP contribution in [0.4, 0.5) is 11.4 Å². The normalized spacial score (nSPS) is 14.1. The summed E-state index contributed by atoms with van der Waals surface area (Å²) >= 11 is 0. The van der Waals surface area contributed by atoms with Crippen molar-refractivity contribution in [1.82, 2.24) is 0 Å². The summed E-state index contributed by atoms with van der Waals surface area (Å²) in [6, 6.07) is 7.07. The lowest BCUT2D eigenvalue weighted by atomic mass is 10.2. The Hall–Kier alpha value is -1.88. The average molecular weight is 247 g/mol. The van der Waals surface area contributed by atoms with Crippen molar-refractivity contribution in [2.75, 3.05) is 17.2 Å². The maximum Gasteiger partial charge on any atom is 0.227 e. The highest BCUT2D eigenvalue weighted by atomic mass is 16.2. The van der Waals surface area contributed by atoms with Gasteiger partial charge in [-0.25, -0.2) is 0 Å². The fourth-order valence-electron chi connectivity index (χ4n) is 1.58. The minimum atomic E-state index is -0.104. The van der Waals surface area contributed by atoms with Crippen LogP contribution in [0.15, 0.2) is 24.3 Å². The summed E-state index contributed by atoms with van der Waals surface area (Å²) in [5.41, 5.74) is 6.75. The molecule has 18 heavy (non-hydrogen) atoms. The van der Waals surface area contributed by atoms with Gasteiger partial charge in [0.1, 0.15) is 0 Å². The molecular formula is C13H17N3O2. The highest BCUT2D eigenvalue weighted by Gasteiger charge is 2.29. The summed E-state index contributed by atoms with van der Waals surface area (Å²) in [4.78, 5) is 22.8. The van der Waals surface area contributed by atoms with Crippen molar-refractivity contribution in [1.29, 1.82) is 0 Å².